The SMILES string of the molecule is CC1(C)COC(Nc2ccc3c(c2)C(N)(c2ccc(Oc4cc5nncn5cn4)c(C(F)(F)F)c2)N=CN3)=N1. The fourth-order valence-electron chi connectivity index (χ4n) is 4.29. The lowest BCUT2D eigenvalue weighted by atomic mass is 9.88. The minimum atomic E-state index is -4.76. The number of rotatable bonds is 4. The highest BCUT2D eigenvalue weighted by atomic mass is 19.4. The Morgan fingerprint density at radius 1 is 1.13 bits per heavy atom. The van der Waals surface area contributed by atoms with Crippen LogP contribution in [0.2, 0.25) is 0 Å². The molecule has 2 aromatic carbocycles. The number of hydrogen-bond donors (Lipinski definition) is 3. The molecule has 2 aliphatic rings. The van der Waals surface area contributed by atoms with E-state index < -0.39 is 23.2 Å². The van der Waals surface area contributed by atoms with Crippen molar-refractivity contribution in [3.63, 3.8) is 0 Å². The average Bonchev–Trinajstić information content (AvgIpc) is 3.49. The summed E-state index contributed by atoms with van der Waals surface area (Å²) in [4.78, 5) is 12.8. The highest BCUT2D eigenvalue weighted by molar-refractivity contribution is 5.92. The Balaban J connectivity index is 1.37. The van der Waals surface area contributed by atoms with E-state index >= 15 is 0 Å². The van der Waals surface area contributed by atoms with Crippen molar-refractivity contribution in [1.29, 1.82) is 0 Å². The van der Waals surface area contributed by atoms with E-state index in [1.165, 1.54) is 41.6 Å². The molecule has 6 rings (SSSR count). The molecule has 0 aliphatic carbocycles. The van der Waals surface area contributed by atoms with E-state index in [-0.39, 0.29) is 17.0 Å². The van der Waals surface area contributed by atoms with E-state index in [9.17, 15) is 13.2 Å². The number of halogens is 3. The van der Waals surface area contributed by atoms with E-state index in [0.29, 0.717) is 35.2 Å². The van der Waals surface area contributed by atoms with Crippen molar-refractivity contribution < 1.29 is 22.6 Å². The van der Waals surface area contributed by atoms with Gasteiger partial charge in [-0.05, 0) is 49.7 Å². The largest absolute Gasteiger partial charge is 0.462 e. The quantitative estimate of drug-likeness (QED) is 0.354. The van der Waals surface area contributed by atoms with E-state index in [2.05, 4.69) is 35.8 Å². The standard InChI is InChI=1S/C25H22F3N9O2/c1-23(2)10-38-22(35-23)34-15-4-5-18-16(8-15)24(29,32-11-30-18)14-3-6-19(17(7-14)25(26,27)28)39-21-9-20-36-33-13-37(20)12-31-21/h3-9,11-13H,10,29H2,1-2H3,(H,30,32)(H,34,35). The van der Waals surface area contributed by atoms with Gasteiger partial charge in [-0.25, -0.2) is 15.0 Å². The Labute approximate surface area is 219 Å². The summed E-state index contributed by atoms with van der Waals surface area (Å²) < 4.78 is 55.3. The van der Waals surface area contributed by atoms with Crippen LogP contribution in [0, 0.1) is 0 Å². The molecule has 200 valence electrons. The Bertz CT molecular complexity index is 1650. The maximum Gasteiger partial charge on any atom is 0.419 e. The summed E-state index contributed by atoms with van der Waals surface area (Å²) in [5.74, 6) is -0.517. The lowest BCUT2D eigenvalue weighted by Gasteiger charge is -2.32. The molecule has 2 aromatic heterocycles. The van der Waals surface area contributed by atoms with Crippen molar-refractivity contribution in [2.24, 2.45) is 15.7 Å². The number of benzene rings is 2. The zero-order chi connectivity index (χ0) is 27.4. The maximum atomic E-state index is 14.2. The zero-order valence-corrected chi connectivity index (χ0v) is 20.7. The van der Waals surface area contributed by atoms with Crippen molar-refractivity contribution >= 4 is 29.4 Å². The van der Waals surface area contributed by atoms with Crippen molar-refractivity contribution in [2.45, 2.75) is 31.2 Å². The van der Waals surface area contributed by atoms with Gasteiger partial charge in [0.2, 0.25) is 5.88 Å². The normalized spacial score (nSPS) is 19.7. The molecule has 0 bridgehead atoms. The van der Waals surface area contributed by atoms with Crippen LogP contribution < -0.4 is 21.1 Å². The monoisotopic (exact) mass is 537 g/mol. The van der Waals surface area contributed by atoms with Gasteiger partial charge < -0.3 is 20.1 Å². The summed E-state index contributed by atoms with van der Waals surface area (Å²) in [7, 11) is 0. The predicted octanol–water partition coefficient (Wildman–Crippen LogP) is 4.13. The molecule has 2 aliphatic heterocycles. The number of fused-ring (bicyclic) bond motifs is 2. The molecule has 0 saturated carbocycles. The van der Waals surface area contributed by atoms with Crippen LogP contribution in [0.3, 0.4) is 0 Å². The second-order valence-electron chi connectivity index (χ2n) is 9.71. The van der Waals surface area contributed by atoms with Crippen molar-refractivity contribution in [3.05, 3.63) is 71.8 Å². The van der Waals surface area contributed by atoms with Gasteiger partial charge in [0, 0.05) is 23.0 Å². The van der Waals surface area contributed by atoms with Gasteiger partial charge in [0.25, 0.3) is 6.02 Å². The number of nitrogens with one attached hydrogen (secondary N) is 2. The molecule has 39 heavy (non-hydrogen) atoms. The fourth-order valence-corrected chi connectivity index (χ4v) is 4.29. The van der Waals surface area contributed by atoms with Crippen LogP contribution in [0.15, 0.2) is 65.1 Å². The average molecular weight is 538 g/mol. The van der Waals surface area contributed by atoms with Crippen LogP contribution in [-0.2, 0) is 16.6 Å². The van der Waals surface area contributed by atoms with Crippen molar-refractivity contribution in [2.75, 3.05) is 17.2 Å². The van der Waals surface area contributed by atoms with Crippen LogP contribution in [-0.4, -0.2) is 44.1 Å². The number of alkyl halides is 3. The van der Waals surface area contributed by atoms with E-state index in [1.807, 2.05) is 13.8 Å². The lowest BCUT2D eigenvalue weighted by Crippen LogP contribution is -2.39. The van der Waals surface area contributed by atoms with E-state index in [4.69, 9.17) is 15.2 Å². The lowest BCUT2D eigenvalue weighted by molar-refractivity contribution is -0.138. The van der Waals surface area contributed by atoms with Gasteiger partial charge in [0.15, 0.2) is 11.3 Å². The summed E-state index contributed by atoms with van der Waals surface area (Å²) in [5.41, 5.74) is 5.79. The highest BCUT2D eigenvalue weighted by Crippen LogP contribution is 2.43. The number of hydrogen-bond acceptors (Lipinski definition) is 10. The minimum Gasteiger partial charge on any atom is -0.462 e. The number of nitrogens with two attached hydrogens (primary N) is 1. The summed E-state index contributed by atoms with van der Waals surface area (Å²) in [6.45, 7) is 4.30. The third-order valence-corrected chi connectivity index (χ3v) is 6.24. The molecule has 14 heteroatoms. The first-order chi connectivity index (χ1) is 18.5. The molecule has 1 unspecified atom stereocenters. The van der Waals surface area contributed by atoms with Gasteiger partial charge in [0.05, 0.1) is 17.4 Å². The Kier molecular flexibility index (Phi) is 5.46. The third kappa shape index (κ3) is 4.58. The first-order valence-electron chi connectivity index (χ1n) is 11.8. The van der Waals surface area contributed by atoms with Crippen molar-refractivity contribution in [1.82, 2.24) is 19.6 Å². The molecule has 0 amide bonds. The number of aliphatic imine (C=N–C) groups is 2. The number of aromatic nitrogens is 4. The smallest absolute Gasteiger partial charge is 0.419 e. The summed E-state index contributed by atoms with van der Waals surface area (Å²) in [6, 6.07) is 10.5. The van der Waals surface area contributed by atoms with Crippen LogP contribution >= 0.6 is 0 Å². The number of anilines is 2. The van der Waals surface area contributed by atoms with Gasteiger partial charge in [-0.15, -0.1) is 10.2 Å². The molecular weight excluding hydrogens is 515 g/mol. The summed E-state index contributed by atoms with van der Waals surface area (Å²) >= 11 is 0. The summed E-state index contributed by atoms with van der Waals surface area (Å²) in [6.07, 6.45) is -0.640. The molecule has 0 radical (unpaired) electrons. The third-order valence-electron chi connectivity index (χ3n) is 6.24. The second kappa shape index (κ2) is 8.66. The van der Waals surface area contributed by atoms with Crippen LogP contribution in [0.1, 0.15) is 30.5 Å². The molecule has 0 spiro atoms. The van der Waals surface area contributed by atoms with Gasteiger partial charge in [-0.3, -0.25) is 10.1 Å². The van der Waals surface area contributed by atoms with E-state index in [0.717, 1.165) is 6.07 Å². The van der Waals surface area contributed by atoms with Gasteiger partial charge >= 0.3 is 6.18 Å². The van der Waals surface area contributed by atoms with Gasteiger partial charge in [-0.2, -0.15) is 13.2 Å². The number of amidine groups is 1. The predicted molar refractivity (Wildman–Crippen MR) is 137 cm³/mol. The Hall–Kier alpha value is -4.72. The Morgan fingerprint density at radius 3 is 2.74 bits per heavy atom. The highest BCUT2D eigenvalue weighted by Gasteiger charge is 2.40. The molecule has 11 nitrogen and oxygen atoms in total. The fraction of sp³-hybridized carbons (Fsp3) is 0.240. The van der Waals surface area contributed by atoms with Gasteiger partial charge in [0.1, 0.15) is 25.0 Å². The summed E-state index contributed by atoms with van der Waals surface area (Å²) in [5, 5.41) is 13.7. The van der Waals surface area contributed by atoms with Crippen LogP contribution in [0.5, 0.6) is 11.6 Å². The van der Waals surface area contributed by atoms with Crippen molar-refractivity contribution in [3.8, 4) is 11.6 Å². The molecular formula is C25H22F3N9O2. The first kappa shape index (κ1) is 24.6. The van der Waals surface area contributed by atoms with Crippen LogP contribution in [0.25, 0.3) is 5.65 Å². The maximum absolute atomic E-state index is 14.2. The molecule has 4 heterocycles. The molecule has 1 atom stereocenters. The first-order valence-corrected chi connectivity index (χ1v) is 11.8. The Morgan fingerprint density at radius 2 is 1.97 bits per heavy atom. The molecule has 4 aromatic rings. The molecule has 4 N–H and O–H groups in total. The molecule has 0 saturated heterocycles. The second-order valence-corrected chi connectivity index (χ2v) is 9.71. The topological polar surface area (TPSA) is 136 Å². The molecule has 0 fully saturated rings. The number of nitrogens with zero attached hydrogens (tertiary/aromatic N) is 6. The van der Waals surface area contributed by atoms with Crippen LogP contribution in [0.4, 0.5) is 24.5 Å². The zero-order valence-electron chi connectivity index (χ0n) is 20.7. The van der Waals surface area contributed by atoms with E-state index in [1.54, 1.807) is 18.2 Å². The minimum absolute atomic E-state index is 0.0719. The number of ether oxygens (including phenoxy) is 2. The van der Waals surface area contributed by atoms with Gasteiger partial charge in [-0.1, -0.05) is 6.07 Å².